The third kappa shape index (κ3) is 5.02. The Kier molecular flexibility index (Phi) is 7.73. The van der Waals surface area contributed by atoms with Gasteiger partial charge in [-0.3, -0.25) is 9.36 Å². The average Bonchev–Trinajstić information content (AvgIpc) is 3.67. The van der Waals surface area contributed by atoms with Crippen molar-refractivity contribution in [2.24, 2.45) is 4.99 Å². The summed E-state index contributed by atoms with van der Waals surface area (Å²) in [6.07, 6.45) is 1.86. The van der Waals surface area contributed by atoms with Gasteiger partial charge in [0, 0.05) is 17.1 Å². The van der Waals surface area contributed by atoms with Crippen molar-refractivity contribution in [3.63, 3.8) is 0 Å². The second-order valence-corrected chi connectivity index (χ2v) is 11.4. The van der Waals surface area contributed by atoms with Crippen LogP contribution >= 0.6 is 11.3 Å². The maximum absolute atomic E-state index is 14.1. The van der Waals surface area contributed by atoms with Crippen molar-refractivity contribution in [2.45, 2.75) is 40.7 Å². The van der Waals surface area contributed by atoms with Crippen LogP contribution in [-0.4, -0.2) is 41.1 Å². The number of thiazole rings is 1. The van der Waals surface area contributed by atoms with Crippen LogP contribution in [0.1, 0.15) is 59.7 Å². The Balaban J connectivity index is 1.45. The lowest BCUT2D eigenvalue weighted by Crippen LogP contribution is -2.39. The standard InChI is InChI=1S/C33H31N3O7S/c1-6-40-31(38)21-8-11-24(12-9-21)35-18(3)14-23(20(35)5)16-27-30(37)36-29(22-10-13-25-26(15-22)43-17-42-25)28(32(39)41-7-2)19(4)34-33(36)44-27/h8-16,29H,6-7,17H2,1-5H3/b27-16+/t29-/m1/s1. The Morgan fingerprint density at radius 1 is 0.977 bits per heavy atom. The van der Waals surface area contributed by atoms with Gasteiger partial charge in [0.05, 0.1) is 40.6 Å². The van der Waals surface area contributed by atoms with E-state index in [-0.39, 0.29) is 24.9 Å². The first-order valence-corrected chi connectivity index (χ1v) is 15.1. The molecule has 6 rings (SSSR count). The molecule has 2 aromatic carbocycles. The Morgan fingerprint density at radius 2 is 1.68 bits per heavy atom. The van der Waals surface area contributed by atoms with Crippen molar-refractivity contribution >= 4 is 29.4 Å². The van der Waals surface area contributed by atoms with E-state index in [2.05, 4.69) is 9.56 Å². The highest BCUT2D eigenvalue weighted by molar-refractivity contribution is 7.07. The number of hydrogen-bond donors (Lipinski definition) is 0. The Morgan fingerprint density at radius 3 is 2.41 bits per heavy atom. The number of benzene rings is 2. The van der Waals surface area contributed by atoms with Crippen LogP contribution in [0.2, 0.25) is 0 Å². The fourth-order valence-electron chi connectivity index (χ4n) is 5.62. The minimum atomic E-state index is -0.757. The van der Waals surface area contributed by atoms with Gasteiger partial charge in [-0.25, -0.2) is 14.6 Å². The van der Waals surface area contributed by atoms with Gasteiger partial charge in [0.2, 0.25) is 6.79 Å². The topological polar surface area (TPSA) is 110 Å². The molecule has 0 radical (unpaired) electrons. The molecule has 1 atom stereocenters. The van der Waals surface area contributed by atoms with Crippen molar-refractivity contribution in [1.29, 1.82) is 0 Å². The van der Waals surface area contributed by atoms with Crippen molar-refractivity contribution in [2.75, 3.05) is 20.0 Å². The first-order valence-electron chi connectivity index (χ1n) is 14.3. The second-order valence-electron chi connectivity index (χ2n) is 10.3. The van der Waals surface area contributed by atoms with Gasteiger partial charge in [-0.15, -0.1) is 0 Å². The van der Waals surface area contributed by atoms with Crippen LogP contribution in [0.3, 0.4) is 0 Å². The van der Waals surface area contributed by atoms with Crippen LogP contribution < -0.4 is 24.4 Å². The molecule has 4 aromatic rings. The SMILES string of the molecule is CCOC(=O)C1=C(C)N=c2s/c(=C/c3cc(C)n(-c4ccc(C(=O)OCC)cc4)c3C)c(=O)n2[C@@H]1c1ccc2c(c1)OCO2. The summed E-state index contributed by atoms with van der Waals surface area (Å²) in [6, 6.07) is 13.9. The number of ether oxygens (including phenoxy) is 4. The zero-order valence-electron chi connectivity index (χ0n) is 25.0. The molecule has 0 unspecified atom stereocenters. The van der Waals surface area contributed by atoms with Gasteiger partial charge in [-0.2, -0.15) is 0 Å². The van der Waals surface area contributed by atoms with E-state index in [1.807, 2.05) is 44.2 Å². The van der Waals surface area contributed by atoms with Crippen molar-refractivity contribution < 1.29 is 28.5 Å². The molecular weight excluding hydrogens is 582 g/mol. The lowest BCUT2D eigenvalue weighted by Gasteiger charge is -2.24. The lowest BCUT2D eigenvalue weighted by molar-refractivity contribution is -0.139. The van der Waals surface area contributed by atoms with E-state index in [0.717, 1.165) is 22.6 Å². The molecule has 2 aromatic heterocycles. The summed E-state index contributed by atoms with van der Waals surface area (Å²) >= 11 is 1.27. The van der Waals surface area contributed by atoms with Crippen LogP contribution in [0.25, 0.3) is 11.8 Å². The zero-order chi connectivity index (χ0) is 31.1. The molecule has 0 amide bonds. The smallest absolute Gasteiger partial charge is 0.338 e. The first kappa shape index (κ1) is 29.2. The van der Waals surface area contributed by atoms with E-state index in [4.69, 9.17) is 18.9 Å². The fourth-order valence-corrected chi connectivity index (χ4v) is 6.66. The van der Waals surface area contributed by atoms with Crippen molar-refractivity contribution in [3.05, 3.63) is 108 Å². The molecule has 0 bridgehead atoms. The summed E-state index contributed by atoms with van der Waals surface area (Å²) in [5, 5.41) is 0. The Hall–Kier alpha value is -4.90. The normalized spacial score (nSPS) is 15.7. The molecule has 0 aliphatic carbocycles. The molecule has 4 heterocycles. The number of allylic oxidation sites excluding steroid dienone is 1. The number of aryl methyl sites for hydroxylation is 1. The van der Waals surface area contributed by atoms with Gasteiger partial charge in [0.1, 0.15) is 0 Å². The Labute approximate surface area is 257 Å². The van der Waals surface area contributed by atoms with Crippen LogP contribution in [-0.2, 0) is 14.3 Å². The summed E-state index contributed by atoms with van der Waals surface area (Å²) < 4.78 is 25.7. The summed E-state index contributed by atoms with van der Waals surface area (Å²) in [5.41, 5.74) is 5.32. The minimum absolute atomic E-state index is 0.106. The number of rotatable bonds is 7. The average molecular weight is 614 g/mol. The zero-order valence-corrected chi connectivity index (χ0v) is 25.8. The third-order valence-electron chi connectivity index (χ3n) is 7.62. The van der Waals surface area contributed by atoms with Gasteiger partial charge in [-0.1, -0.05) is 17.4 Å². The molecule has 44 heavy (non-hydrogen) atoms. The van der Waals surface area contributed by atoms with Crippen LogP contribution in [0.15, 0.2) is 69.6 Å². The molecule has 10 nitrogen and oxygen atoms in total. The van der Waals surface area contributed by atoms with E-state index in [9.17, 15) is 14.4 Å². The number of nitrogens with zero attached hydrogens (tertiary/aromatic N) is 3. The molecule has 226 valence electrons. The molecule has 2 aliphatic rings. The van der Waals surface area contributed by atoms with Gasteiger partial charge >= 0.3 is 11.9 Å². The highest BCUT2D eigenvalue weighted by Gasteiger charge is 2.34. The lowest BCUT2D eigenvalue weighted by atomic mass is 9.95. The molecule has 2 aliphatic heterocycles. The monoisotopic (exact) mass is 613 g/mol. The number of carbonyl (C=O) groups excluding carboxylic acids is 2. The minimum Gasteiger partial charge on any atom is -0.463 e. The largest absolute Gasteiger partial charge is 0.463 e. The maximum Gasteiger partial charge on any atom is 0.338 e. The molecule has 0 fully saturated rings. The number of aromatic nitrogens is 2. The molecular formula is C33H31N3O7S. The first-order chi connectivity index (χ1) is 21.2. The summed E-state index contributed by atoms with van der Waals surface area (Å²) in [7, 11) is 0. The quantitative estimate of drug-likeness (QED) is 0.289. The van der Waals surface area contributed by atoms with Crippen LogP contribution in [0.5, 0.6) is 11.5 Å². The van der Waals surface area contributed by atoms with Gasteiger partial charge < -0.3 is 23.5 Å². The van der Waals surface area contributed by atoms with Gasteiger partial charge in [-0.05, 0) is 94.3 Å². The van der Waals surface area contributed by atoms with Crippen molar-refractivity contribution in [1.82, 2.24) is 9.13 Å². The summed E-state index contributed by atoms with van der Waals surface area (Å²) in [4.78, 5) is 44.6. The van der Waals surface area contributed by atoms with E-state index in [0.29, 0.717) is 49.8 Å². The maximum atomic E-state index is 14.1. The predicted molar refractivity (Wildman–Crippen MR) is 164 cm³/mol. The van der Waals surface area contributed by atoms with E-state index < -0.39 is 12.0 Å². The molecule has 0 N–H and O–H groups in total. The highest BCUT2D eigenvalue weighted by Crippen LogP contribution is 2.38. The number of carbonyl (C=O) groups is 2. The van der Waals surface area contributed by atoms with Gasteiger partial charge in [0.15, 0.2) is 16.3 Å². The number of fused-ring (bicyclic) bond motifs is 2. The second kappa shape index (κ2) is 11.6. The highest BCUT2D eigenvalue weighted by atomic mass is 32.1. The van der Waals surface area contributed by atoms with Crippen LogP contribution in [0.4, 0.5) is 0 Å². The van der Waals surface area contributed by atoms with E-state index in [1.165, 1.54) is 11.3 Å². The fraction of sp³-hybridized carbons (Fsp3) is 0.273. The molecule has 0 spiro atoms. The predicted octanol–water partition coefficient (Wildman–Crippen LogP) is 4.11. The summed E-state index contributed by atoms with van der Waals surface area (Å²) in [5.74, 6) is 0.260. The Bertz CT molecular complexity index is 2010. The number of esters is 2. The summed E-state index contributed by atoms with van der Waals surface area (Å²) in [6.45, 7) is 9.84. The third-order valence-corrected chi connectivity index (χ3v) is 8.61. The van der Waals surface area contributed by atoms with E-state index in [1.54, 1.807) is 49.6 Å². The van der Waals surface area contributed by atoms with Crippen LogP contribution in [0, 0.1) is 13.8 Å². The van der Waals surface area contributed by atoms with Crippen molar-refractivity contribution in [3.8, 4) is 17.2 Å². The van der Waals surface area contributed by atoms with E-state index >= 15 is 0 Å². The van der Waals surface area contributed by atoms with Gasteiger partial charge in [0.25, 0.3) is 5.56 Å². The number of hydrogen-bond acceptors (Lipinski definition) is 9. The molecule has 0 saturated heterocycles. The molecule has 0 saturated carbocycles. The molecule has 11 heteroatoms.